The number of amides is 1. The van der Waals surface area contributed by atoms with Gasteiger partial charge in [0.15, 0.2) is 0 Å². The van der Waals surface area contributed by atoms with Crippen LogP contribution in [0.5, 0.6) is 0 Å². The van der Waals surface area contributed by atoms with Crippen molar-refractivity contribution in [1.82, 2.24) is 0 Å². The summed E-state index contributed by atoms with van der Waals surface area (Å²) in [5.41, 5.74) is 7.98. The maximum Gasteiger partial charge on any atom is 0.253 e. The van der Waals surface area contributed by atoms with Gasteiger partial charge in [0.25, 0.3) is 5.91 Å². The largest absolute Gasteiger partial charge is 0.399 e. The van der Waals surface area contributed by atoms with Gasteiger partial charge in [-0.15, -0.1) is 0 Å². The van der Waals surface area contributed by atoms with Crippen molar-refractivity contribution in [3.8, 4) is 0 Å². The molecule has 2 aromatic carbocycles. The molecule has 1 unspecified atom stereocenters. The van der Waals surface area contributed by atoms with Gasteiger partial charge in [-0.3, -0.25) is 4.79 Å². The summed E-state index contributed by atoms with van der Waals surface area (Å²) in [5, 5.41) is 2.79. The number of hydrogen-bond donors (Lipinski definition) is 2. The first-order valence-corrected chi connectivity index (χ1v) is 7.36. The van der Waals surface area contributed by atoms with Crippen LogP contribution in [0.2, 0.25) is 0 Å². The lowest BCUT2D eigenvalue weighted by Gasteiger charge is -2.13. The minimum absolute atomic E-state index is 0.183. The third-order valence-corrected chi connectivity index (χ3v) is 3.49. The lowest BCUT2D eigenvalue weighted by Crippen LogP contribution is -2.27. The molecule has 1 atom stereocenters. The summed E-state index contributed by atoms with van der Waals surface area (Å²) in [6.45, 7) is 2.12. The fourth-order valence-electron chi connectivity index (χ4n) is 1.69. The van der Waals surface area contributed by atoms with E-state index in [1.54, 1.807) is 31.2 Å². The van der Waals surface area contributed by atoms with Gasteiger partial charge in [0.2, 0.25) is 0 Å². The number of benzene rings is 2. The zero-order valence-corrected chi connectivity index (χ0v) is 13.3. The highest BCUT2D eigenvalue weighted by atomic mass is 79.9. The number of ether oxygens (including phenoxy) is 1. The van der Waals surface area contributed by atoms with E-state index in [4.69, 9.17) is 10.5 Å². The molecular weight excluding hydrogens is 332 g/mol. The van der Waals surface area contributed by atoms with Crippen LogP contribution in [0.3, 0.4) is 0 Å². The van der Waals surface area contributed by atoms with Crippen LogP contribution in [0, 0.1) is 0 Å². The van der Waals surface area contributed by atoms with Gasteiger partial charge in [-0.2, -0.15) is 0 Å². The van der Waals surface area contributed by atoms with Crippen LogP contribution in [0.15, 0.2) is 53.0 Å². The summed E-state index contributed by atoms with van der Waals surface area (Å²) in [5.74, 6) is -0.183. The highest BCUT2D eigenvalue weighted by Crippen LogP contribution is 2.13. The van der Waals surface area contributed by atoms with E-state index in [9.17, 15) is 4.79 Å². The van der Waals surface area contributed by atoms with Crippen molar-refractivity contribution in [3.05, 3.63) is 58.6 Å². The van der Waals surface area contributed by atoms with Crippen LogP contribution in [0.1, 0.15) is 12.5 Å². The summed E-state index contributed by atoms with van der Waals surface area (Å²) < 4.78 is 6.59. The van der Waals surface area contributed by atoms with Crippen molar-refractivity contribution >= 4 is 33.2 Å². The molecule has 0 heterocycles. The third kappa shape index (κ3) is 4.88. The van der Waals surface area contributed by atoms with E-state index >= 15 is 0 Å². The first-order valence-electron chi connectivity index (χ1n) is 6.57. The van der Waals surface area contributed by atoms with Gasteiger partial charge in [-0.1, -0.05) is 28.1 Å². The van der Waals surface area contributed by atoms with Crippen molar-refractivity contribution in [2.45, 2.75) is 19.6 Å². The summed E-state index contributed by atoms with van der Waals surface area (Å²) in [7, 11) is 0. The van der Waals surface area contributed by atoms with Gasteiger partial charge in [-0.05, 0) is 48.9 Å². The molecule has 0 aliphatic carbocycles. The molecule has 0 aliphatic heterocycles. The SMILES string of the molecule is CC(OCc1ccc(Br)cc1)C(=O)Nc1ccc(N)cc1. The molecule has 21 heavy (non-hydrogen) atoms. The van der Waals surface area contributed by atoms with E-state index in [1.165, 1.54) is 0 Å². The van der Waals surface area contributed by atoms with E-state index in [0.29, 0.717) is 18.0 Å². The first kappa shape index (κ1) is 15.5. The van der Waals surface area contributed by atoms with E-state index in [2.05, 4.69) is 21.2 Å². The Balaban J connectivity index is 1.84. The summed E-state index contributed by atoms with van der Waals surface area (Å²) in [6, 6.07) is 14.8. The van der Waals surface area contributed by atoms with Gasteiger partial charge >= 0.3 is 0 Å². The Morgan fingerprint density at radius 2 is 1.81 bits per heavy atom. The zero-order valence-electron chi connectivity index (χ0n) is 11.7. The van der Waals surface area contributed by atoms with Crippen LogP contribution >= 0.6 is 15.9 Å². The molecule has 3 N–H and O–H groups in total. The van der Waals surface area contributed by atoms with Crippen LogP contribution < -0.4 is 11.1 Å². The summed E-state index contributed by atoms with van der Waals surface area (Å²) in [4.78, 5) is 12.0. The molecular formula is C16H17BrN2O2. The molecule has 0 fully saturated rings. The highest BCUT2D eigenvalue weighted by molar-refractivity contribution is 9.10. The number of carbonyl (C=O) groups is 1. The average Bonchev–Trinajstić information content (AvgIpc) is 2.48. The maximum absolute atomic E-state index is 12.0. The van der Waals surface area contributed by atoms with Crippen molar-refractivity contribution in [3.63, 3.8) is 0 Å². The lowest BCUT2D eigenvalue weighted by molar-refractivity contribution is -0.127. The molecule has 2 rings (SSSR count). The van der Waals surface area contributed by atoms with Gasteiger partial charge in [0, 0.05) is 15.8 Å². The smallest absolute Gasteiger partial charge is 0.253 e. The molecule has 0 bridgehead atoms. The number of nitrogens with two attached hydrogens (primary N) is 1. The second-order valence-electron chi connectivity index (χ2n) is 4.69. The normalized spacial score (nSPS) is 11.9. The molecule has 0 aliphatic rings. The van der Waals surface area contributed by atoms with Crippen LogP contribution in [0.4, 0.5) is 11.4 Å². The number of anilines is 2. The quantitative estimate of drug-likeness (QED) is 0.811. The van der Waals surface area contributed by atoms with E-state index in [0.717, 1.165) is 10.0 Å². The highest BCUT2D eigenvalue weighted by Gasteiger charge is 2.13. The first-order chi connectivity index (χ1) is 10.0. The molecule has 0 aromatic heterocycles. The predicted molar refractivity (Wildman–Crippen MR) is 87.9 cm³/mol. The Bertz CT molecular complexity index is 597. The molecule has 0 saturated carbocycles. The Morgan fingerprint density at radius 1 is 1.19 bits per heavy atom. The zero-order chi connectivity index (χ0) is 15.2. The standard InChI is InChI=1S/C16H17BrN2O2/c1-11(21-10-12-2-4-13(17)5-3-12)16(20)19-15-8-6-14(18)7-9-15/h2-9,11H,10,18H2,1H3,(H,19,20). The van der Waals surface area contributed by atoms with Crippen molar-refractivity contribution in [1.29, 1.82) is 0 Å². The predicted octanol–water partition coefficient (Wildman–Crippen LogP) is 3.58. The third-order valence-electron chi connectivity index (χ3n) is 2.96. The van der Waals surface area contributed by atoms with E-state index in [-0.39, 0.29) is 5.91 Å². The Morgan fingerprint density at radius 3 is 2.43 bits per heavy atom. The monoisotopic (exact) mass is 348 g/mol. The molecule has 110 valence electrons. The van der Waals surface area contributed by atoms with Crippen LogP contribution in [-0.2, 0) is 16.1 Å². The fourth-order valence-corrected chi connectivity index (χ4v) is 1.95. The van der Waals surface area contributed by atoms with Crippen molar-refractivity contribution < 1.29 is 9.53 Å². The number of nitrogens with one attached hydrogen (secondary N) is 1. The number of nitrogen functional groups attached to an aromatic ring is 1. The molecule has 0 radical (unpaired) electrons. The molecule has 2 aromatic rings. The second-order valence-corrected chi connectivity index (χ2v) is 5.61. The molecule has 5 heteroatoms. The van der Waals surface area contributed by atoms with Gasteiger partial charge in [-0.25, -0.2) is 0 Å². The van der Waals surface area contributed by atoms with Gasteiger partial charge in [0.05, 0.1) is 6.61 Å². The summed E-state index contributed by atoms with van der Waals surface area (Å²) in [6.07, 6.45) is -0.536. The minimum atomic E-state index is -0.536. The van der Waals surface area contributed by atoms with E-state index in [1.807, 2.05) is 24.3 Å². The summed E-state index contributed by atoms with van der Waals surface area (Å²) >= 11 is 3.38. The molecule has 0 saturated heterocycles. The number of rotatable bonds is 5. The molecule has 1 amide bonds. The Labute approximate surface area is 132 Å². The second kappa shape index (κ2) is 7.24. The number of carbonyl (C=O) groups excluding carboxylic acids is 1. The lowest BCUT2D eigenvalue weighted by atomic mass is 10.2. The van der Waals surface area contributed by atoms with Crippen LogP contribution in [-0.4, -0.2) is 12.0 Å². The average molecular weight is 349 g/mol. The van der Waals surface area contributed by atoms with E-state index < -0.39 is 6.10 Å². The van der Waals surface area contributed by atoms with Crippen LogP contribution in [0.25, 0.3) is 0 Å². The fraction of sp³-hybridized carbons (Fsp3) is 0.188. The molecule has 0 spiro atoms. The van der Waals surface area contributed by atoms with Crippen molar-refractivity contribution in [2.75, 3.05) is 11.1 Å². The number of hydrogen-bond acceptors (Lipinski definition) is 3. The maximum atomic E-state index is 12.0. The minimum Gasteiger partial charge on any atom is -0.399 e. The topological polar surface area (TPSA) is 64.3 Å². The molecule has 4 nitrogen and oxygen atoms in total. The van der Waals surface area contributed by atoms with Gasteiger partial charge in [0.1, 0.15) is 6.10 Å². The van der Waals surface area contributed by atoms with Crippen molar-refractivity contribution in [2.24, 2.45) is 0 Å². The Hall–Kier alpha value is -1.85. The van der Waals surface area contributed by atoms with Gasteiger partial charge < -0.3 is 15.8 Å². The number of halogens is 1. The Kier molecular flexibility index (Phi) is 5.36.